The number of rotatable bonds is 6. The third-order valence-corrected chi connectivity index (χ3v) is 7.60. The Kier molecular flexibility index (Phi) is 6.50. The second-order valence-electron chi connectivity index (χ2n) is 10.2. The van der Waals surface area contributed by atoms with Gasteiger partial charge in [-0.15, -0.1) is 0 Å². The molecule has 1 aromatic carbocycles. The number of anilines is 2. The number of fused-ring (bicyclic) bond motifs is 1. The number of nitrogens with zero attached hydrogens (tertiary/aromatic N) is 6. The number of hydrogen-bond acceptors (Lipinski definition) is 10. The summed E-state index contributed by atoms with van der Waals surface area (Å²) >= 11 is 0. The number of piperidine rings is 1. The summed E-state index contributed by atoms with van der Waals surface area (Å²) in [5, 5.41) is 7.53. The van der Waals surface area contributed by atoms with Gasteiger partial charge in [0.2, 0.25) is 5.95 Å². The molecule has 2 unspecified atom stereocenters. The van der Waals surface area contributed by atoms with Crippen LogP contribution in [0.25, 0.3) is 33.7 Å². The van der Waals surface area contributed by atoms with Crippen molar-refractivity contribution in [1.82, 2.24) is 34.8 Å². The zero-order valence-corrected chi connectivity index (χ0v) is 21.8. The molecule has 202 valence electrons. The van der Waals surface area contributed by atoms with Gasteiger partial charge < -0.3 is 19.8 Å². The summed E-state index contributed by atoms with van der Waals surface area (Å²) in [4.78, 5) is 36.1. The fourth-order valence-corrected chi connectivity index (χ4v) is 5.48. The van der Waals surface area contributed by atoms with Gasteiger partial charge >= 0.3 is 0 Å². The first kappa shape index (κ1) is 24.6. The Balaban J connectivity index is 1.23. The van der Waals surface area contributed by atoms with Crippen molar-refractivity contribution in [1.29, 1.82) is 0 Å². The molecule has 7 rings (SSSR count). The van der Waals surface area contributed by atoms with Gasteiger partial charge in [-0.25, -0.2) is 19.9 Å². The van der Waals surface area contributed by atoms with Gasteiger partial charge in [0.15, 0.2) is 12.2 Å². The molecule has 0 bridgehead atoms. The number of hydrogen-bond donors (Lipinski definition) is 2. The second kappa shape index (κ2) is 10.6. The van der Waals surface area contributed by atoms with Gasteiger partial charge in [-0.2, -0.15) is 4.98 Å². The molecule has 2 N–H and O–H groups in total. The third kappa shape index (κ3) is 4.74. The minimum atomic E-state index is -0.170. The summed E-state index contributed by atoms with van der Waals surface area (Å²) in [5.74, 6) is 1.39. The molecule has 0 spiro atoms. The van der Waals surface area contributed by atoms with Crippen LogP contribution in [-0.2, 0) is 4.74 Å². The summed E-state index contributed by atoms with van der Waals surface area (Å²) in [6.07, 6.45) is 10.9. The number of ether oxygens (including phenoxy) is 1. The fourth-order valence-electron chi connectivity index (χ4n) is 5.48. The molecule has 2 saturated heterocycles. The summed E-state index contributed by atoms with van der Waals surface area (Å²) in [5.41, 5.74) is 4.22. The van der Waals surface area contributed by atoms with E-state index in [1.807, 2.05) is 0 Å². The number of aromatic nitrogens is 6. The van der Waals surface area contributed by atoms with Crippen molar-refractivity contribution in [2.24, 2.45) is 0 Å². The van der Waals surface area contributed by atoms with Crippen LogP contribution >= 0.6 is 0 Å². The van der Waals surface area contributed by atoms with Crippen molar-refractivity contribution in [3.05, 3.63) is 77.5 Å². The molecule has 0 amide bonds. The first-order valence-electron chi connectivity index (χ1n) is 13.5. The molecule has 0 saturated carbocycles. The van der Waals surface area contributed by atoms with Crippen LogP contribution in [0.4, 0.5) is 11.6 Å². The van der Waals surface area contributed by atoms with Gasteiger partial charge in [0, 0.05) is 48.4 Å². The van der Waals surface area contributed by atoms with Crippen LogP contribution in [0.1, 0.15) is 36.8 Å². The molecule has 2 aliphatic heterocycles. The maximum Gasteiger partial charge on any atom is 0.260 e. The van der Waals surface area contributed by atoms with Crippen molar-refractivity contribution in [2.45, 2.75) is 31.2 Å². The van der Waals surface area contributed by atoms with E-state index in [-0.39, 0.29) is 11.6 Å². The van der Waals surface area contributed by atoms with Crippen molar-refractivity contribution in [3.8, 4) is 22.6 Å². The molecule has 4 aromatic heterocycles. The first-order valence-corrected chi connectivity index (χ1v) is 13.5. The van der Waals surface area contributed by atoms with Crippen LogP contribution in [0.15, 0.2) is 70.8 Å². The van der Waals surface area contributed by atoms with Crippen LogP contribution in [0.2, 0.25) is 0 Å². The zero-order valence-electron chi connectivity index (χ0n) is 21.8. The van der Waals surface area contributed by atoms with Gasteiger partial charge in [-0.05, 0) is 55.5 Å². The number of oxazole rings is 1. The predicted molar refractivity (Wildman–Crippen MR) is 149 cm³/mol. The summed E-state index contributed by atoms with van der Waals surface area (Å²) < 4.78 is 12.4. The monoisotopic (exact) mass is 536 g/mol. The molecular formula is C29H28N8O3. The highest BCUT2D eigenvalue weighted by Gasteiger charge is 2.24. The average molecular weight is 537 g/mol. The number of benzene rings is 1. The normalized spacial score (nSPS) is 19.2. The molecule has 0 aliphatic carbocycles. The first-order chi connectivity index (χ1) is 19.7. The topological polar surface area (TPSA) is 133 Å². The van der Waals surface area contributed by atoms with Gasteiger partial charge in [-0.3, -0.25) is 9.36 Å². The van der Waals surface area contributed by atoms with Crippen LogP contribution < -0.4 is 16.2 Å². The maximum atomic E-state index is 13.9. The van der Waals surface area contributed by atoms with Crippen molar-refractivity contribution >= 4 is 22.7 Å². The quantitative estimate of drug-likeness (QED) is 0.327. The van der Waals surface area contributed by atoms with E-state index in [4.69, 9.17) is 14.1 Å². The van der Waals surface area contributed by atoms with Gasteiger partial charge in [0.25, 0.3) is 5.56 Å². The lowest BCUT2D eigenvalue weighted by Crippen LogP contribution is -2.28. The zero-order chi connectivity index (χ0) is 26.9. The number of pyridine rings is 1. The molecule has 6 heterocycles. The van der Waals surface area contributed by atoms with E-state index in [1.54, 1.807) is 29.2 Å². The molecule has 0 radical (unpaired) electrons. The van der Waals surface area contributed by atoms with Crippen LogP contribution in [0.3, 0.4) is 0 Å². The van der Waals surface area contributed by atoms with Crippen molar-refractivity contribution < 1.29 is 9.15 Å². The highest BCUT2D eigenvalue weighted by atomic mass is 16.5. The highest BCUT2D eigenvalue weighted by Crippen LogP contribution is 2.28. The molecule has 11 heteroatoms. The maximum absolute atomic E-state index is 13.9. The van der Waals surface area contributed by atoms with Crippen LogP contribution in [-0.4, -0.2) is 55.8 Å². The summed E-state index contributed by atoms with van der Waals surface area (Å²) in [7, 11) is 0. The largest absolute Gasteiger partial charge is 0.451 e. The predicted octanol–water partition coefficient (Wildman–Crippen LogP) is 4.08. The van der Waals surface area contributed by atoms with Crippen LogP contribution in [0, 0.1) is 0 Å². The SMILES string of the molecule is O=c1c(-c2cnc(-c3cocn3)nc2)cc2cnc(Nc3ccc(C4CCCNC4)cc3)nc2n1C1CCOC1. The smallest absolute Gasteiger partial charge is 0.260 e. The standard InChI is InChI=1S/C29H28N8O3/c38-28-24(21-13-31-26(32-14-21)25-16-40-17-34-25)10-20-12-33-29(36-27(20)37(28)23-7-9-39-15-23)35-22-5-3-18(4-6-22)19-2-1-8-30-11-19/h3-6,10,12-14,16-17,19,23,30H,1-2,7-9,11,15H2,(H,33,35,36). The van der Waals surface area contributed by atoms with Gasteiger partial charge in [0.05, 0.1) is 18.2 Å². The second-order valence-corrected chi connectivity index (χ2v) is 10.2. The van der Waals surface area contributed by atoms with E-state index in [2.05, 4.69) is 54.8 Å². The lowest BCUT2D eigenvalue weighted by Gasteiger charge is -2.23. The Labute approximate surface area is 229 Å². The van der Waals surface area contributed by atoms with E-state index in [9.17, 15) is 4.79 Å². The van der Waals surface area contributed by atoms with Gasteiger partial charge in [-0.1, -0.05) is 12.1 Å². The Bertz CT molecular complexity index is 1670. The van der Waals surface area contributed by atoms with Crippen molar-refractivity contribution in [3.63, 3.8) is 0 Å². The molecule has 11 nitrogen and oxygen atoms in total. The fraction of sp³-hybridized carbons (Fsp3) is 0.310. The Morgan fingerprint density at radius 2 is 1.90 bits per heavy atom. The van der Waals surface area contributed by atoms with Crippen LogP contribution in [0.5, 0.6) is 0 Å². The minimum Gasteiger partial charge on any atom is -0.451 e. The Hall–Kier alpha value is -4.48. The molecular weight excluding hydrogens is 508 g/mol. The summed E-state index contributed by atoms with van der Waals surface area (Å²) in [6.45, 7) is 3.16. The third-order valence-electron chi connectivity index (χ3n) is 7.60. The average Bonchev–Trinajstić information content (AvgIpc) is 3.74. The molecule has 5 aromatic rings. The van der Waals surface area contributed by atoms with E-state index >= 15 is 0 Å². The lowest BCUT2D eigenvalue weighted by molar-refractivity contribution is 0.186. The minimum absolute atomic E-state index is 0.128. The summed E-state index contributed by atoms with van der Waals surface area (Å²) in [6, 6.07) is 10.1. The van der Waals surface area contributed by atoms with Crippen molar-refractivity contribution in [2.75, 3.05) is 31.6 Å². The molecule has 40 heavy (non-hydrogen) atoms. The highest BCUT2D eigenvalue weighted by molar-refractivity contribution is 5.82. The van der Waals surface area contributed by atoms with Gasteiger partial charge in [0.1, 0.15) is 17.6 Å². The van der Waals surface area contributed by atoms with E-state index in [1.165, 1.54) is 31.1 Å². The van der Waals surface area contributed by atoms with E-state index in [0.717, 1.165) is 30.6 Å². The lowest BCUT2D eigenvalue weighted by atomic mass is 9.92. The van der Waals surface area contributed by atoms with E-state index in [0.29, 0.717) is 53.4 Å². The molecule has 2 fully saturated rings. The molecule has 2 aliphatic rings. The number of nitrogens with one attached hydrogen (secondary N) is 2. The Morgan fingerprint density at radius 3 is 2.62 bits per heavy atom. The Morgan fingerprint density at radius 1 is 1.02 bits per heavy atom. The molecule has 2 atom stereocenters. The van der Waals surface area contributed by atoms with E-state index < -0.39 is 0 Å².